The van der Waals surface area contributed by atoms with Crippen molar-refractivity contribution in [2.24, 2.45) is 5.92 Å². The van der Waals surface area contributed by atoms with E-state index in [2.05, 4.69) is 88.1 Å². The van der Waals surface area contributed by atoms with Crippen LogP contribution >= 0.6 is 11.3 Å². The molecule has 5 heteroatoms. The van der Waals surface area contributed by atoms with Gasteiger partial charge in [0.25, 0.3) is 0 Å². The van der Waals surface area contributed by atoms with Crippen molar-refractivity contribution < 1.29 is 4.79 Å². The maximum absolute atomic E-state index is 13.3. The number of amides is 1. The molecule has 3 aromatic rings. The Bertz CT molecular complexity index is 1030. The summed E-state index contributed by atoms with van der Waals surface area (Å²) in [6.45, 7) is 5.61. The van der Waals surface area contributed by atoms with Crippen molar-refractivity contribution in [3.05, 3.63) is 82.0 Å². The Morgan fingerprint density at radius 2 is 1.90 bits per heavy atom. The Morgan fingerprint density at radius 1 is 1.06 bits per heavy atom. The summed E-state index contributed by atoms with van der Waals surface area (Å²) < 4.78 is 0. The van der Waals surface area contributed by atoms with Gasteiger partial charge < -0.3 is 15.1 Å². The summed E-state index contributed by atoms with van der Waals surface area (Å²) in [5.74, 6) is 0.151. The van der Waals surface area contributed by atoms with Gasteiger partial charge in [0.1, 0.15) is 0 Å². The van der Waals surface area contributed by atoms with Gasteiger partial charge in [-0.05, 0) is 55.0 Å². The molecule has 0 unspecified atom stereocenters. The van der Waals surface area contributed by atoms with Crippen LogP contribution in [0.15, 0.2) is 66.0 Å². The molecule has 160 valence electrons. The maximum Gasteiger partial charge on any atom is 0.225 e. The average molecular weight is 432 g/mol. The number of carbonyl (C=O) groups is 1. The zero-order chi connectivity index (χ0) is 21.2. The number of aryl methyl sites for hydroxylation is 1. The molecule has 1 fully saturated rings. The van der Waals surface area contributed by atoms with Crippen LogP contribution in [0.5, 0.6) is 0 Å². The minimum atomic E-state index is -0.0357. The largest absolute Gasteiger partial charge is 0.368 e. The standard InChI is InChI=1S/C26H29N3OS/c1-19-8-10-21(11-9-19)28-14-15-29-24-7-3-2-5-20(24)17-23(25(29)18-28)26(30)27-13-12-22-6-4-16-31-22/h2-11,16,23,25H,12-15,17-18H2,1H3,(H,27,30)/t23-,25+/m1/s1. The van der Waals surface area contributed by atoms with Gasteiger partial charge >= 0.3 is 0 Å². The minimum Gasteiger partial charge on any atom is -0.368 e. The van der Waals surface area contributed by atoms with Crippen molar-refractivity contribution in [2.45, 2.75) is 25.8 Å². The second kappa shape index (κ2) is 8.75. The molecule has 2 atom stereocenters. The van der Waals surface area contributed by atoms with Gasteiger partial charge in [-0.15, -0.1) is 11.3 Å². The number of para-hydroxylation sites is 1. The van der Waals surface area contributed by atoms with Crippen LogP contribution in [-0.4, -0.2) is 38.1 Å². The van der Waals surface area contributed by atoms with E-state index in [0.717, 1.165) is 32.5 Å². The van der Waals surface area contributed by atoms with Crippen LogP contribution < -0.4 is 15.1 Å². The first-order chi connectivity index (χ1) is 15.2. The molecule has 2 aromatic carbocycles. The molecule has 2 aliphatic heterocycles. The van der Waals surface area contributed by atoms with Crippen molar-refractivity contribution in [2.75, 3.05) is 36.0 Å². The van der Waals surface area contributed by atoms with Crippen molar-refractivity contribution >= 4 is 28.6 Å². The topological polar surface area (TPSA) is 35.6 Å². The lowest BCUT2D eigenvalue weighted by molar-refractivity contribution is -0.125. The number of nitrogens with one attached hydrogen (secondary N) is 1. The number of hydrogen-bond acceptors (Lipinski definition) is 4. The van der Waals surface area contributed by atoms with Gasteiger partial charge in [-0.3, -0.25) is 4.79 Å². The molecule has 4 nitrogen and oxygen atoms in total. The molecule has 31 heavy (non-hydrogen) atoms. The van der Waals surface area contributed by atoms with Gasteiger partial charge in [0.05, 0.1) is 12.0 Å². The third-order valence-corrected chi connectivity index (χ3v) is 7.55. The third-order valence-electron chi connectivity index (χ3n) is 6.61. The number of piperazine rings is 1. The first kappa shape index (κ1) is 20.1. The summed E-state index contributed by atoms with van der Waals surface area (Å²) in [4.78, 5) is 19.6. The first-order valence-electron chi connectivity index (χ1n) is 11.2. The Hall–Kier alpha value is -2.79. The molecule has 0 radical (unpaired) electrons. The zero-order valence-electron chi connectivity index (χ0n) is 18.0. The lowest BCUT2D eigenvalue weighted by Gasteiger charge is -2.49. The molecule has 0 saturated carbocycles. The predicted octanol–water partition coefficient (Wildman–Crippen LogP) is 4.28. The number of carbonyl (C=O) groups excluding carboxylic acids is 1. The van der Waals surface area contributed by atoms with E-state index in [9.17, 15) is 4.79 Å². The lowest BCUT2D eigenvalue weighted by atomic mass is 9.83. The minimum absolute atomic E-state index is 0.0357. The van der Waals surface area contributed by atoms with E-state index in [0.29, 0.717) is 6.54 Å². The van der Waals surface area contributed by atoms with E-state index in [1.54, 1.807) is 11.3 Å². The Kier molecular flexibility index (Phi) is 5.68. The second-order valence-corrected chi connectivity index (χ2v) is 9.63. The Balaban J connectivity index is 1.35. The molecule has 0 bridgehead atoms. The van der Waals surface area contributed by atoms with Crippen LogP contribution in [0.3, 0.4) is 0 Å². The maximum atomic E-state index is 13.3. The summed E-state index contributed by atoms with van der Waals surface area (Å²) in [7, 11) is 0. The summed E-state index contributed by atoms with van der Waals surface area (Å²) in [5.41, 5.74) is 5.12. The number of thiophene rings is 1. The summed E-state index contributed by atoms with van der Waals surface area (Å²) in [5, 5.41) is 5.33. The fourth-order valence-corrected chi connectivity index (χ4v) is 5.65. The number of hydrogen-bond donors (Lipinski definition) is 1. The number of rotatable bonds is 5. The van der Waals surface area contributed by atoms with Crippen LogP contribution in [0.4, 0.5) is 11.4 Å². The molecule has 3 heterocycles. The van der Waals surface area contributed by atoms with Crippen LogP contribution in [0.2, 0.25) is 0 Å². The van der Waals surface area contributed by atoms with Crippen molar-refractivity contribution in [1.82, 2.24) is 5.32 Å². The number of anilines is 2. The SMILES string of the molecule is Cc1ccc(N2CCN3c4ccccc4C[C@@H](C(=O)NCCc4cccs4)[C@@H]3C2)cc1. The van der Waals surface area contributed by atoms with E-state index in [-0.39, 0.29) is 17.9 Å². The summed E-state index contributed by atoms with van der Waals surface area (Å²) in [6.07, 6.45) is 1.71. The molecule has 0 spiro atoms. The van der Waals surface area contributed by atoms with Gasteiger partial charge in [-0.1, -0.05) is 42.0 Å². The lowest BCUT2D eigenvalue weighted by Crippen LogP contribution is -2.61. The fraction of sp³-hybridized carbons (Fsp3) is 0.346. The number of nitrogens with zero attached hydrogens (tertiary/aromatic N) is 2. The first-order valence-corrected chi connectivity index (χ1v) is 12.0. The van der Waals surface area contributed by atoms with Crippen LogP contribution in [0, 0.1) is 12.8 Å². The normalized spacial score (nSPS) is 20.2. The Morgan fingerprint density at radius 3 is 2.71 bits per heavy atom. The zero-order valence-corrected chi connectivity index (χ0v) is 18.8. The van der Waals surface area contributed by atoms with E-state index in [4.69, 9.17) is 0 Å². The van der Waals surface area contributed by atoms with Crippen LogP contribution in [0.25, 0.3) is 0 Å². The molecule has 2 aliphatic rings. The van der Waals surface area contributed by atoms with E-state index in [1.165, 1.54) is 27.4 Å². The summed E-state index contributed by atoms with van der Waals surface area (Å²) >= 11 is 1.75. The number of benzene rings is 2. The molecular formula is C26H29N3OS. The molecule has 1 N–H and O–H groups in total. The Labute approximate surface area is 188 Å². The highest BCUT2D eigenvalue weighted by molar-refractivity contribution is 7.09. The average Bonchev–Trinajstić information content (AvgIpc) is 3.32. The molecule has 1 amide bonds. The second-order valence-electron chi connectivity index (χ2n) is 8.60. The highest BCUT2D eigenvalue weighted by Gasteiger charge is 2.41. The van der Waals surface area contributed by atoms with Gasteiger partial charge in [0.2, 0.25) is 5.91 Å². The van der Waals surface area contributed by atoms with Gasteiger partial charge in [-0.25, -0.2) is 0 Å². The number of fused-ring (bicyclic) bond motifs is 3. The van der Waals surface area contributed by atoms with Crippen molar-refractivity contribution in [3.8, 4) is 0 Å². The molecule has 0 aliphatic carbocycles. The van der Waals surface area contributed by atoms with Gasteiger partial charge in [-0.2, -0.15) is 0 Å². The monoisotopic (exact) mass is 431 g/mol. The fourth-order valence-electron chi connectivity index (χ4n) is 4.94. The van der Waals surface area contributed by atoms with Crippen LogP contribution in [0.1, 0.15) is 16.0 Å². The van der Waals surface area contributed by atoms with E-state index < -0.39 is 0 Å². The van der Waals surface area contributed by atoms with Gasteiger partial charge in [0, 0.05) is 42.4 Å². The van der Waals surface area contributed by atoms with E-state index in [1.807, 2.05) is 0 Å². The summed E-state index contributed by atoms with van der Waals surface area (Å²) in [6, 6.07) is 21.8. The van der Waals surface area contributed by atoms with Gasteiger partial charge in [0.15, 0.2) is 0 Å². The van der Waals surface area contributed by atoms with E-state index >= 15 is 0 Å². The molecule has 1 aromatic heterocycles. The predicted molar refractivity (Wildman–Crippen MR) is 129 cm³/mol. The smallest absolute Gasteiger partial charge is 0.225 e. The quantitative estimate of drug-likeness (QED) is 0.655. The molecular weight excluding hydrogens is 402 g/mol. The third kappa shape index (κ3) is 4.19. The van der Waals surface area contributed by atoms with Crippen molar-refractivity contribution in [3.63, 3.8) is 0 Å². The highest BCUT2D eigenvalue weighted by atomic mass is 32.1. The highest BCUT2D eigenvalue weighted by Crippen LogP contribution is 2.36. The van der Waals surface area contributed by atoms with Crippen LogP contribution in [-0.2, 0) is 17.6 Å². The molecule has 5 rings (SSSR count). The van der Waals surface area contributed by atoms with Crippen molar-refractivity contribution in [1.29, 1.82) is 0 Å². The molecule has 1 saturated heterocycles.